The van der Waals surface area contributed by atoms with Crippen LogP contribution in [0.4, 0.5) is 5.82 Å². The lowest BCUT2D eigenvalue weighted by Gasteiger charge is -2.07. The van der Waals surface area contributed by atoms with Gasteiger partial charge in [-0.3, -0.25) is 0 Å². The summed E-state index contributed by atoms with van der Waals surface area (Å²) >= 11 is 18.1. The molecule has 3 aromatic carbocycles. The van der Waals surface area contributed by atoms with Crippen LogP contribution < -0.4 is 10.1 Å². The van der Waals surface area contributed by atoms with E-state index in [2.05, 4.69) is 37.6 Å². The summed E-state index contributed by atoms with van der Waals surface area (Å²) in [5.74, 6) is 1.71. The maximum atomic E-state index is 6.15. The minimum absolute atomic E-state index is 0.505. The van der Waals surface area contributed by atoms with Crippen LogP contribution >= 0.6 is 34.8 Å². The van der Waals surface area contributed by atoms with Crippen LogP contribution in [0.1, 0.15) is 5.56 Å². The molecule has 6 nitrogen and oxygen atoms in total. The number of hydrogen-bond acceptors (Lipinski definition) is 4. The Morgan fingerprint density at radius 3 is 1.76 bits per heavy atom. The molecule has 0 aliphatic rings. The van der Waals surface area contributed by atoms with Crippen LogP contribution in [-0.2, 0) is 20.6 Å². The standard InChI is InChI=1S/C22H20ClN3O.C14H10Cl2N2/c1-26-20-10-11-22(24-14-15-6-8-18(27-2)9-7-15)25-19(20)13-21(26)16-4-3-5-17(23)12-16;1-18-12-5-6-14(16)17-11(12)8-13(18)9-3-2-4-10(15)7-9/h3-13H,14H2,1-2H3,(H,24,25);2-8H,1H3. The molecule has 4 aromatic heterocycles. The average Bonchev–Trinajstić information content (AvgIpc) is 3.56. The van der Waals surface area contributed by atoms with Gasteiger partial charge in [0.25, 0.3) is 0 Å². The number of nitrogens with zero attached hydrogens (tertiary/aromatic N) is 4. The number of aromatic nitrogens is 4. The van der Waals surface area contributed by atoms with E-state index in [0.717, 1.165) is 66.2 Å². The molecule has 226 valence electrons. The Kier molecular flexibility index (Phi) is 8.99. The number of ether oxygens (including phenoxy) is 1. The maximum absolute atomic E-state index is 6.15. The van der Waals surface area contributed by atoms with Gasteiger partial charge in [0.2, 0.25) is 0 Å². The first-order valence-electron chi connectivity index (χ1n) is 14.3. The lowest BCUT2D eigenvalue weighted by Crippen LogP contribution is -2.01. The summed E-state index contributed by atoms with van der Waals surface area (Å²) < 4.78 is 9.42. The largest absolute Gasteiger partial charge is 0.497 e. The highest BCUT2D eigenvalue weighted by Gasteiger charge is 2.11. The van der Waals surface area contributed by atoms with E-state index in [9.17, 15) is 0 Å². The third kappa shape index (κ3) is 6.79. The second kappa shape index (κ2) is 13.2. The number of rotatable bonds is 6. The number of benzene rings is 3. The number of fused-ring (bicyclic) bond motifs is 2. The predicted molar refractivity (Wildman–Crippen MR) is 188 cm³/mol. The van der Waals surface area contributed by atoms with Gasteiger partial charge in [-0.15, -0.1) is 0 Å². The van der Waals surface area contributed by atoms with Crippen molar-refractivity contribution in [1.29, 1.82) is 0 Å². The van der Waals surface area contributed by atoms with E-state index in [1.165, 1.54) is 5.56 Å². The third-order valence-corrected chi connectivity index (χ3v) is 8.32. The van der Waals surface area contributed by atoms with Gasteiger partial charge >= 0.3 is 0 Å². The first kappa shape index (κ1) is 30.5. The second-order valence-electron chi connectivity index (χ2n) is 10.5. The van der Waals surface area contributed by atoms with E-state index < -0.39 is 0 Å². The number of halogens is 3. The Labute approximate surface area is 276 Å². The molecule has 0 saturated carbocycles. The quantitative estimate of drug-likeness (QED) is 0.181. The Bertz CT molecular complexity index is 2120. The molecule has 1 N–H and O–H groups in total. The van der Waals surface area contributed by atoms with E-state index in [-0.39, 0.29) is 0 Å². The fraction of sp³-hybridized carbons (Fsp3) is 0.111. The van der Waals surface area contributed by atoms with Crippen LogP contribution in [0.25, 0.3) is 44.6 Å². The number of hydrogen-bond donors (Lipinski definition) is 1. The first-order valence-corrected chi connectivity index (χ1v) is 15.4. The normalized spacial score (nSPS) is 11.0. The van der Waals surface area contributed by atoms with Crippen LogP contribution in [0.3, 0.4) is 0 Å². The van der Waals surface area contributed by atoms with Crippen molar-refractivity contribution in [2.75, 3.05) is 12.4 Å². The molecule has 0 amide bonds. The van der Waals surface area contributed by atoms with E-state index >= 15 is 0 Å². The van der Waals surface area contributed by atoms with Gasteiger partial charge in [0.05, 0.1) is 40.6 Å². The van der Waals surface area contributed by atoms with Gasteiger partial charge in [-0.1, -0.05) is 71.2 Å². The highest BCUT2D eigenvalue weighted by molar-refractivity contribution is 6.31. The minimum atomic E-state index is 0.505. The molecule has 9 heteroatoms. The minimum Gasteiger partial charge on any atom is -0.497 e. The molecular weight excluding hydrogens is 625 g/mol. The van der Waals surface area contributed by atoms with Gasteiger partial charge in [-0.25, -0.2) is 9.97 Å². The second-order valence-corrected chi connectivity index (χ2v) is 11.8. The van der Waals surface area contributed by atoms with Crippen molar-refractivity contribution in [3.8, 4) is 28.3 Å². The third-order valence-electron chi connectivity index (χ3n) is 7.64. The van der Waals surface area contributed by atoms with Crippen molar-refractivity contribution >= 4 is 62.7 Å². The van der Waals surface area contributed by atoms with E-state index in [1.54, 1.807) is 13.2 Å². The fourth-order valence-electron chi connectivity index (χ4n) is 5.29. The summed E-state index contributed by atoms with van der Waals surface area (Å²) in [7, 11) is 5.72. The summed E-state index contributed by atoms with van der Waals surface area (Å²) in [5.41, 5.74) is 9.45. The lowest BCUT2D eigenvalue weighted by atomic mass is 10.1. The van der Waals surface area contributed by atoms with Gasteiger partial charge in [0.1, 0.15) is 16.7 Å². The molecule has 0 atom stereocenters. The number of anilines is 1. The number of nitrogens with one attached hydrogen (secondary N) is 1. The van der Waals surface area contributed by atoms with Gasteiger partial charge < -0.3 is 19.2 Å². The zero-order valence-electron chi connectivity index (χ0n) is 24.9. The zero-order valence-corrected chi connectivity index (χ0v) is 27.2. The summed E-state index contributed by atoms with van der Waals surface area (Å²) in [5, 5.41) is 5.35. The summed E-state index contributed by atoms with van der Waals surface area (Å²) in [4.78, 5) is 9.08. The van der Waals surface area contributed by atoms with Crippen molar-refractivity contribution in [3.05, 3.63) is 130 Å². The number of methoxy groups -OCH3 is 1. The molecule has 0 fully saturated rings. The highest BCUT2D eigenvalue weighted by Crippen LogP contribution is 2.30. The van der Waals surface area contributed by atoms with E-state index in [1.807, 2.05) is 99.0 Å². The molecule has 7 aromatic rings. The molecule has 0 aliphatic carbocycles. The zero-order chi connectivity index (χ0) is 31.5. The van der Waals surface area contributed by atoms with Crippen molar-refractivity contribution in [2.24, 2.45) is 14.1 Å². The Morgan fingerprint density at radius 2 is 1.20 bits per heavy atom. The monoisotopic (exact) mass is 653 g/mol. The first-order chi connectivity index (χ1) is 21.8. The lowest BCUT2D eigenvalue weighted by molar-refractivity contribution is 0.414. The topological polar surface area (TPSA) is 56.9 Å². The molecule has 0 saturated heterocycles. The predicted octanol–water partition coefficient (Wildman–Crippen LogP) is 10.1. The van der Waals surface area contributed by atoms with Gasteiger partial charge in [0.15, 0.2) is 0 Å². The molecule has 0 unspecified atom stereocenters. The molecule has 4 heterocycles. The van der Waals surface area contributed by atoms with Crippen LogP contribution in [0.2, 0.25) is 15.2 Å². The number of aryl methyl sites for hydroxylation is 2. The average molecular weight is 655 g/mol. The summed E-state index contributed by atoms with van der Waals surface area (Å²) in [6, 6.07) is 35.6. The molecule has 0 bridgehead atoms. The van der Waals surface area contributed by atoms with Gasteiger partial charge in [-0.05, 0) is 89.5 Å². The van der Waals surface area contributed by atoms with E-state index in [4.69, 9.17) is 44.5 Å². The Balaban J connectivity index is 0.000000172. The SMILES string of the molecule is COc1ccc(CNc2ccc3c(cc(-c4cccc(Cl)c4)n3C)n2)cc1.Cn1c(-c2cccc(Cl)c2)cc2nc(Cl)ccc21. The smallest absolute Gasteiger partial charge is 0.129 e. The van der Waals surface area contributed by atoms with Gasteiger partial charge in [0, 0.05) is 30.7 Å². The van der Waals surface area contributed by atoms with Crippen LogP contribution in [0.5, 0.6) is 5.75 Å². The molecule has 0 spiro atoms. The van der Waals surface area contributed by atoms with Crippen molar-refractivity contribution in [3.63, 3.8) is 0 Å². The fourth-order valence-corrected chi connectivity index (χ4v) is 5.82. The maximum Gasteiger partial charge on any atom is 0.129 e. The molecule has 7 rings (SSSR count). The van der Waals surface area contributed by atoms with Crippen LogP contribution in [0, 0.1) is 0 Å². The number of pyridine rings is 2. The molecule has 45 heavy (non-hydrogen) atoms. The van der Waals surface area contributed by atoms with Crippen LogP contribution in [-0.4, -0.2) is 26.2 Å². The van der Waals surface area contributed by atoms with E-state index in [0.29, 0.717) is 11.7 Å². The van der Waals surface area contributed by atoms with Crippen molar-refractivity contribution < 1.29 is 4.74 Å². The molecule has 0 aliphatic heterocycles. The van der Waals surface area contributed by atoms with Crippen molar-refractivity contribution in [1.82, 2.24) is 19.1 Å². The van der Waals surface area contributed by atoms with Crippen molar-refractivity contribution in [2.45, 2.75) is 6.54 Å². The summed E-state index contributed by atoms with van der Waals surface area (Å²) in [6.45, 7) is 0.705. The molecular formula is C36H30Cl3N5O. The Hall–Kier alpha value is -4.49. The highest BCUT2D eigenvalue weighted by atomic mass is 35.5. The van der Waals surface area contributed by atoms with Gasteiger partial charge in [-0.2, -0.15) is 0 Å². The molecule has 0 radical (unpaired) electrons. The summed E-state index contributed by atoms with van der Waals surface area (Å²) in [6.07, 6.45) is 0. The Morgan fingerprint density at radius 1 is 0.644 bits per heavy atom. The van der Waals surface area contributed by atoms with Crippen LogP contribution in [0.15, 0.2) is 109 Å².